The summed E-state index contributed by atoms with van der Waals surface area (Å²) in [5.74, 6) is -0.219. The van der Waals surface area contributed by atoms with Crippen molar-refractivity contribution >= 4 is 28.3 Å². The predicted octanol–water partition coefficient (Wildman–Crippen LogP) is 2.71. The summed E-state index contributed by atoms with van der Waals surface area (Å²) in [7, 11) is 0. The van der Waals surface area contributed by atoms with Crippen LogP contribution in [0.25, 0.3) is 10.8 Å². The van der Waals surface area contributed by atoms with E-state index in [1.54, 1.807) is 4.90 Å². The Labute approximate surface area is 123 Å². The molecule has 0 unspecified atom stereocenters. The summed E-state index contributed by atoms with van der Waals surface area (Å²) in [5, 5.41) is 4.88. The number of hydrogen-bond acceptors (Lipinski definition) is 2. The third kappa shape index (κ3) is 2.27. The highest BCUT2D eigenvalue weighted by Gasteiger charge is 2.30. The molecule has 2 aromatic carbocycles. The van der Waals surface area contributed by atoms with E-state index in [1.165, 1.54) is 0 Å². The first-order chi connectivity index (χ1) is 10.1. The van der Waals surface area contributed by atoms with Crippen LogP contribution in [-0.4, -0.2) is 24.4 Å². The summed E-state index contributed by atoms with van der Waals surface area (Å²) in [4.78, 5) is 26.2. The van der Waals surface area contributed by atoms with E-state index in [0.29, 0.717) is 5.56 Å². The van der Waals surface area contributed by atoms with E-state index in [-0.39, 0.29) is 24.4 Å². The summed E-state index contributed by atoms with van der Waals surface area (Å²) < 4.78 is 0. The number of benzene rings is 2. The largest absolute Gasteiger partial charge is 0.352 e. The van der Waals surface area contributed by atoms with Gasteiger partial charge in [0.2, 0.25) is 5.91 Å². The van der Waals surface area contributed by atoms with Crippen LogP contribution in [0.5, 0.6) is 0 Å². The van der Waals surface area contributed by atoms with E-state index in [1.807, 2.05) is 50.2 Å². The average molecular weight is 282 g/mol. The minimum Gasteiger partial charge on any atom is -0.352 e. The number of carbonyl (C=O) groups is 2. The number of hydrogen-bond donors (Lipinski definition) is 1. The molecule has 0 fully saturated rings. The molecule has 4 heteroatoms. The number of carbonyl (C=O) groups excluding carboxylic acids is 2. The Kier molecular flexibility index (Phi) is 3.37. The zero-order valence-corrected chi connectivity index (χ0v) is 12.2. The van der Waals surface area contributed by atoms with Crippen LogP contribution in [0.2, 0.25) is 0 Å². The van der Waals surface area contributed by atoms with Gasteiger partial charge in [0.1, 0.15) is 6.54 Å². The summed E-state index contributed by atoms with van der Waals surface area (Å²) in [6, 6.07) is 11.6. The van der Waals surface area contributed by atoms with Gasteiger partial charge >= 0.3 is 0 Å². The van der Waals surface area contributed by atoms with Gasteiger partial charge in [-0.2, -0.15) is 0 Å². The van der Waals surface area contributed by atoms with Crippen LogP contribution in [0.3, 0.4) is 0 Å². The van der Waals surface area contributed by atoms with Crippen molar-refractivity contribution in [2.24, 2.45) is 0 Å². The molecule has 0 spiro atoms. The molecule has 0 radical (unpaired) electrons. The standard InChI is InChI=1S/C17H18N2O2/c1-3-11(2)18-15(20)10-19-14-9-5-7-12-6-4-8-13(16(12)14)17(19)21/h4-9,11H,3,10H2,1-2H3,(H,18,20)/t11-/m1/s1. The maximum atomic E-state index is 12.5. The van der Waals surface area contributed by atoms with Crippen molar-refractivity contribution in [3.63, 3.8) is 0 Å². The molecular weight excluding hydrogens is 264 g/mol. The number of nitrogens with zero attached hydrogens (tertiary/aromatic N) is 1. The molecule has 0 aromatic heterocycles. The van der Waals surface area contributed by atoms with Gasteiger partial charge in [0, 0.05) is 17.0 Å². The lowest BCUT2D eigenvalue weighted by Crippen LogP contribution is -2.42. The van der Waals surface area contributed by atoms with Crippen molar-refractivity contribution in [2.75, 3.05) is 11.4 Å². The van der Waals surface area contributed by atoms with Gasteiger partial charge in [-0.1, -0.05) is 31.2 Å². The highest BCUT2D eigenvalue weighted by Crippen LogP contribution is 2.36. The van der Waals surface area contributed by atoms with Crippen molar-refractivity contribution in [1.29, 1.82) is 0 Å². The molecule has 1 heterocycles. The van der Waals surface area contributed by atoms with Crippen molar-refractivity contribution in [2.45, 2.75) is 26.3 Å². The number of rotatable bonds is 4. The maximum absolute atomic E-state index is 12.5. The Bertz CT molecular complexity index is 719. The fourth-order valence-electron chi connectivity index (χ4n) is 2.70. The van der Waals surface area contributed by atoms with Crippen LogP contribution < -0.4 is 10.2 Å². The monoisotopic (exact) mass is 282 g/mol. The number of anilines is 1. The quantitative estimate of drug-likeness (QED) is 0.937. The molecule has 3 rings (SSSR count). The molecule has 108 valence electrons. The van der Waals surface area contributed by atoms with E-state index in [4.69, 9.17) is 0 Å². The number of amides is 2. The van der Waals surface area contributed by atoms with Gasteiger partial charge in [-0.15, -0.1) is 0 Å². The molecule has 1 atom stereocenters. The molecule has 1 N–H and O–H groups in total. The average Bonchev–Trinajstić information content (AvgIpc) is 2.75. The molecule has 1 aliphatic heterocycles. The van der Waals surface area contributed by atoms with Gasteiger partial charge in [0.05, 0.1) is 5.69 Å². The zero-order chi connectivity index (χ0) is 15.0. The normalized spacial score (nSPS) is 14.6. The summed E-state index contributed by atoms with van der Waals surface area (Å²) in [5.41, 5.74) is 1.51. The summed E-state index contributed by atoms with van der Waals surface area (Å²) in [6.07, 6.45) is 0.871. The number of nitrogens with one attached hydrogen (secondary N) is 1. The molecule has 0 saturated carbocycles. The van der Waals surface area contributed by atoms with Gasteiger partial charge in [0.25, 0.3) is 5.91 Å². The zero-order valence-electron chi connectivity index (χ0n) is 12.2. The Morgan fingerprint density at radius 3 is 2.67 bits per heavy atom. The van der Waals surface area contributed by atoms with Crippen molar-refractivity contribution < 1.29 is 9.59 Å². The molecule has 0 aliphatic carbocycles. The topological polar surface area (TPSA) is 49.4 Å². The molecule has 0 saturated heterocycles. The lowest BCUT2D eigenvalue weighted by molar-refractivity contribution is -0.120. The smallest absolute Gasteiger partial charge is 0.259 e. The van der Waals surface area contributed by atoms with E-state index >= 15 is 0 Å². The highest BCUT2D eigenvalue weighted by atomic mass is 16.2. The van der Waals surface area contributed by atoms with Gasteiger partial charge in [-0.05, 0) is 30.9 Å². The van der Waals surface area contributed by atoms with Gasteiger partial charge in [-0.25, -0.2) is 0 Å². The van der Waals surface area contributed by atoms with Crippen LogP contribution in [-0.2, 0) is 4.79 Å². The second-order valence-corrected chi connectivity index (χ2v) is 5.45. The first-order valence-corrected chi connectivity index (χ1v) is 7.24. The molecular formula is C17H18N2O2. The third-order valence-electron chi connectivity index (χ3n) is 3.97. The Balaban J connectivity index is 1.91. The van der Waals surface area contributed by atoms with Gasteiger partial charge in [0.15, 0.2) is 0 Å². The maximum Gasteiger partial charge on any atom is 0.259 e. The van der Waals surface area contributed by atoms with Crippen LogP contribution in [0.4, 0.5) is 5.69 Å². The highest BCUT2D eigenvalue weighted by molar-refractivity contribution is 6.26. The molecule has 2 aromatic rings. The second kappa shape index (κ2) is 5.20. The Hall–Kier alpha value is -2.36. The minimum atomic E-state index is -0.123. The molecule has 1 aliphatic rings. The van der Waals surface area contributed by atoms with E-state index in [9.17, 15) is 9.59 Å². The van der Waals surface area contributed by atoms with Crippen LogP contribution in [0.1, 0.15) is 30.6 Å². The van der Waals surface area contributed by atoms with Crippen LogP contribution in [0, 0.1) is 0 Å². The van der Waals surface area contributed by atoms with Gasteiger partial charge < -0.3 is 5.32 Å². The Morgan fingerprint density at radius 1 is 1.24 bits per heavy atom. The van der Waals surface area contributed by atoms with Gasteiger partial charge in [-0.3, -0.25) is 14.5 Å². The van der Waals surface area contributed by atoms with Crippen molar-refractivity contribution in [1.82, 2.24) is 5.32 Å². The second-order valence-electron chi connectivity index (χ2n) is 5.45. The fourth-order valence-corrected chi connectivity index (χ4v) is 2.70. The molecule has 2 amide bonds. The predicted molar refractivity (Wildman–Crippen MR) is 83.5 cm³/mol. The van der Waals surface area contributed by atoms with E-state index in [2.05, 4.69) is 5.32 Å². The molecule has 21 heavy (non-hydrogen) atoms. The first-order valence-electron chi connectivity index (χ1n) is 7.24. The Morgan fingerprint density at radius 2 is 1.95 bits per heavy atom. The summed E-state index contributed by atoms with van der Waals surface area (Å²) in [6.45, 7) is 4.04. The molecule has 4 nitrogen and oxygen atoms in total. The minimum absolute atomic E-state index is 0.0664. The van der Waals surface area contributed by atoms with Crippen LogP contribution in [0.15, 0.2) is 36.4 Å². The van der Waals surface area contributed by atoms with Crippen molar-refractivity contribution in [3.8, 4) is 0 Å². The lowest BCUT2D eigenvalue weighted by atomic mass is 10.1. The lowest BCUT2D eigenvalue weighted by Gasteiger charge is -2.19. The first kappa shape index (κ1) is 13.6. The van der Waals surface area contributed by atoms with Crippen LogP contribution >= 0.6 is 0 Å². The van der Waals surface area contributed by atoms with Crippen molar-refractivity contribution in [3.05, 3.63) is 42.0 Å². The fraction of sp³-hybridized carbons (Fsp3) is 0.294. The summed E-state index contributed by atoms with van der Waals surface area (Å²) >= 11 is 0. The molecule has 0 bridgehead atoms. The van der Waals surface area contributed by atoms with E-state index < -0.39 is 0 Å². The SMILES string of the molecule is CC[C@@H](C)NC(=O)CN1C(=O)c2cccc3cccc1c23. The third-order valence-corrected chi connectivity index (χ3v) is 3.97. The van der Waals surface area contributed by atoms with E-state index in [0.717, 1.165) is 22.9 Å².